The number of nitrogens with one attached hydrogen (secondary N) is 1. The quantitative estimate of drug-likeness (QED) is 0.375. The number of rotatable bonds is 16. The summed E-state index contributed by atoms with van der Waals surface area (Å²) in [5.74, 6) is -0.0677. The Hall–Kier alpha value is -0.570. The lowest BCUT2D eigenvalue weighted by atomic mass is 10.0. The Balaban J connectivity index is 3.22. The minimum atomic E-state index is -0.411. The first kappa shape index (κ1) is 22.4. The van der Waals surface area contributed by atoms with Gasteiger partial charge in [-0.2, -0.15) is 0 Å². The standard InChI is InChI=1S/C20H41NO2/c1-4-5-6-7-8-9-10-11-12-13-14-15-16-17-20(23)18(2)21-19(3)22/h18,20,23H,4-17H2,1-3H3,(H,21,22)/t18-,20-/m1/s1. The highest BCUT2D eigenvalue weighted by atomic mass is 16.3. The van der Waals surface area contributed by atoms with Crippen LogP contribution in [0.3, 0.4) is 0 Å². The van der Waals surface area contributed by atoms with Crippen molar-refractivity contribution in [2.45, 2.75) is 123 Å². The second-order valence-corrected chi connectivity index (χ2v) is 7.09. The van der Waals surface area contributed by atoms with Crippen molar-refractivity contribution in [3.8, 4) is 0 Å². The van der Waals surface area contributed by atoms with Gasteiger partial charge in [-0.15, -0.1) is 0 Å². The number of hydrogen-bond acceptors (Lipinski definition) is 2. The maximum atomic E-state index is 10.9. The Morgan fingerprint density at radius 1 is 0.826 bits per heavy atom. The van der Waals surface area contributed by atoms with Crippen molar-refractivity contribution in [2.24, 2.45) is 0 Å². The van der Waals surface area contributed by atoms with Gasteiger partial charge < -0.3 is 10.4 Å². The van der Waals surface area contributed by atoms with Crippen LogP contribution >= 0.6 is 0 Å². The van der Waals surface area contributed by atoms with Crippen LogP contribution in [0.15, 0.2) is 0 Å². The number of amides is 1. The lowest BCUT2D eigenvalue weighted by Gasteiger charge is -2.19. The molecule has 3 nitrogen and oxygen atoms in total. The molecule has 0 aromatic heterocycles. The number of carbonyl (C=O) groups excluding carboxylic acids is 1. The van der Waals surface area contributed by atoms with E-state index in [-0.39, 0.29) is 11.9 Å². The molecule has 0 bridgehead atoms. The summed E-state index contributed by atoms with van der Waals surface area (Å²) in [6.45, 7) is 5.63. The largest absolute Gasteiger partial charge is 0.391 e. The summed E-state index contributed by atoms with van der Waals surface area (Å²) < 4.78 is 0. The lowest BCUT2D eigenvalue weighted by Crippen LogP contribution is -2.39. The summed E-state index contributed by atoms with van der Waals surface area (Å²) >= 11 is 0. The molecule has 3 heteroatoms. The number of carbonyl (C=O) groups is 1. The predicted octanol–water partition coefficient (Wildman–Crippen LogP) is 5.35. The third-order valence-electron chi connectivity index (χ3n) is 4.61. The van der Waals surface area contributed by atoms with Crippen molar-refractivity contribution < 1.29 is 9.90 Å². The molecule has 0 aliphatic heterocycles. The molecule has 0 heterocycles. The molecule has 0 saturated heterocycles. The van der Waals surface area contributed by atoms with Gasteiger partial charge in [0.05, 0.1) is 12.1 Å². The van der Waals surface area contributed by atoms with Gasteiger partial charge in [0.2, 0.25) is 5.91 Å². The first-order chi connectivity index (χ1) is 11.1. The molecule has 0 aliphatic rings. The van der Waals surface area contributed by atoms with Crippen LogP contribution in [0.5, 0.6) is 0 Å². The van der Waals surface area contributed by atoms with Crippen molar-refractivity contribution in [3.63, 3.8) is 0 Å². The number of aliphatic hydroxyl groups is 1. The zero-order valence-electron chi connectivity index (χ0n) is 15.9. The molecule has 138 valence electrons. The highest BCUT2D eigenvalue weighted by Crippen LogP contribution is 2.13. The van der Waals surface area contributed by atoms with Gasteiger partial charge in [-0.1, -0.05) is 90.4 Å². The molecule has 1 amide bonds. The van der Waals surface area contributed by atoms with E-state index in [0.717, 1.165) is 12.8 Å². The van der Waals surface area contributed by atoms with Gasteiger partial charge in [-0.25, -0.2) is 0 Å². The molecule has 0 spiro atoms. The van der Waals surface area contributed by atoms with Gasteiger partial charge in [0, 0.05) is 6.92 Å². The predicted molar refractivity (Wildman–Crippen MR) is 99.6 cm³/mol. The maximum Gasteiger partial charge on any atom is 0.217 e. The Labute approximate surface area is 144 Å². The van der Waals surface area contributed by atoms with Crippen LogP contribution in [-0.4, -0.2) is 23.2 Å². The van der Waals surface area contributed by atoms with E-state index in [1.807, 2.05) is 6.92 Å². The summed E-state index contributed by atoms with van der Waals surface area (Å²) in [6, 6.07) is -0.134. The van der Waals surface area contributed by atoms with Crippen LogP contribution in [0.4, 0.5) is 0 Å². The SMILES string of the molecule is CCCCCCCCCCCCCCC[C@@H](O)[C@@H](C)NC(C)=O. The van der Waals surface area contributed by atoms with Gasteiger partial charge in [0.25, 0.3) is 0 Å². The van der Waals surface area contributed by atoms with Crippen LogP contribution < -0.4 is 5.32 Å². The highest BCUT2D eigenvalue weighted by molar-refractivity contribution is 5.73. The van der Waals surface area contributed by atoms with E-state index in [1.165, 1.54) is 84.0 Å². The minimum Gasteiger partial charge on any atom is -0.391 e. The molecule has 0 radical (unpaired) electrons. The third-order valence-corrected chi connectivity index (χ3v) is 4.61. The minimum absolute atomic E-state index is 0.0677. The van der Waals surface area contributed by atoms with Gasteiger partial charge >= 0.3 is 0 Å². The van der Waals surface area contributed by atoms with Crippen LogP contribution in [-0.2, 0) is 4.79 Å². The molecule has 0 fully saturated rings. The zero-order valence-corrected chi connectivity index (χ0v) is 15.9. The fraction of sp³-hybridized carbons (Fsp3) is 0.950. The van der Waals surface area contributed by atoms with E-state index in [4.69, 9.17) is 0 Å². The third kappa shape index (κ3) is 16.1. The number of aliphatic hydroxyl groups excluding tert-OH is 1. The Morgan fingerprint density at radius 3 is 1.61 bits per heavy atom. The van der Waals surface area contributed by atoms with Gasteiger partial charge in [-0.05, 0) is 13.3 Å². The normalized spacial score (nSPS) is 13.7. The van der Waals surface area contributed by atoms with Crippen LogP contribution in [0.25, 0.3) is 0 Å². The van der Waals surface area contributed by atoms with Crippen molar-refractivity contribution in [3.05, 3.63) is 0 Å². The van der Waals surface area contributed by atoms with Crippen LogP contribution in [0.1, 0.15) is 111 Å². The molecule has 0 saturated carbocycles. The highest BCUT2D eigenvalue weighted by Gasteiger charge is 2.13. The smallest absolute Gasteiger partial charge is 0.217 e. The van der Waals surface area contributed by atoms with Gasteiger partial charge in [0.1, 0.15) is 0 Å². The zero-order chi connectivity index (χ0) is 17.3. The molecule has 2 N–H and O–H groups in total. The van der Waals surface area contributed by atoms with E-state index in [2.05, 4.69) is 12.2 Å². The molecular weight excluding hydrogens is 286 g/mol. The van der Waals surface area contributed by atoms with Crippen molar-refractivity contribution in [1.29, 1.82) is 0 Å². The number of unbranched alkanes of at least 4 members (excludes halogenated alkanes) is 12. The second kappa shape index (κ2) is 16.3. The first-order valence-electron chi connectivity index (χ1n) is 10.0. The molecule has 0 aromatic carbocycles. The summed E-state index contributed by atoms with van der Waals surface area (Å²) in [7, 11) is 0. The van der Waals surface area contributed by atoms with E-state index < -0.39 is 6.10 Å². The van der Waals surface area contributed by atoms with Crippen molar-refractivity contribution in [1.82, 2.24) is 5.32 Å². The first-order valence-corrected chi connectivity index (χ1v) is 10.0. The Bertz CT molecular complexity index is 268. The molecule has 0 rings (SSSR count). The molecule has 23 heavy (non-hydrogen) atoms. The van der Waals surface area contributed by atoms with E-state index in [0.29, 0.717) is 0 Å². The fourth-order valence-electron chi connectivity index (χ4n) is 3.04. The second-order valence-electron chi connectivity index (χ2n) is 7.09. The van der Waals surface area contributed by atoms with Crippen molar-refractivity contribution >= 4 is 5.91 Å². The summed E-state index contributed by atoms with van der Waals surface area (Å²) in [6.07, 6.45) is 17.8. The van der Waals surface area contributed by atoms with E-state index in [1.54, 1.807) is 0 Å². The fourth-order valence-corrected chi connectivity index (χ4v) is 3.04. The lowest BCUT2D eigenvalue weighted by molar-refractivity contribution is -0.120. The monoisotopic (exact) mass is 327 g/mol. The molecule has 0 aliphatic carbocycles. The van der Waals surface area contributed by atoms with Gasteiger partial charge in [0.15, 0.2) is 0 Å². The van der Waals surface area contributed by atoms with Crippen LogP contribution in [0.2, 0.25) is 0 Å². The van der Waals surface area contributed by atoms with E-state index in [9.17, 15) is 9.90 Å². The molecule has 0 unspecified atom stereocenters. The molecule has 0 aromatic rings. The van der Waals surface area contributed by atoms with E-state index >= 15 is 0 Å². The topological polar surface area (TPSA) is 49.3 Å². The van der Waals surface area contributed by atoms with Gasteiger partial charge in [-0.3, -0.25) is 4.79 Å². The summed E-state index contributed by atoms with van der Waals surface area (Å²) in [5, 5.41) is 12.7. The Kier molecular flexibility index (Phi) is 15.9. The number of hydrogen-bond donors (Lipinski definition) is 2. The summed E-state index contributed by atoms with van der Waals surface area (Å²) in [4.78, 5) is 10.9. The summed E-state index contributed by atoms with van der Waals surface area (Å²) in [5.41, 5.74) is 0. The molecular formula is C20H41NO2. The molecule has 2 atom stereocenters. The average molecular weight is 328 g/mol. The van der Waals surface area contributed by atoms with Crippen molar-refractivity contribution in [2.75, 3.05) is 0 Å². The van der Waals surface area contributed by atoms with Crippen LogP contribution in [0, 0.1) is 0 Å². The Morgan fingerprint density at radius 2 is 1.22 bits per heavy atom. The maximum absolute atomic E-state index is 10.9. The average Bonchev–Trinajstić information content (AvgIpc) is 2.51.